The van der Waals surface area contributed by atoms with Gasteiger partial charge in [0.05, 0.1) is 11.4 Å². The molecule has 0 aliphatic carbocycles. The van der Waals surface area contributed by atoms with Crippen molar-refractivity contribution in [1.82, 2.24) is 15.0 Å². The van der Waals surface area contributed by atoms with Crippen LogP contribution in [-0.2, 0) is 0 Å². The van der Waals surface area contributed by atoms with Crippen LogP contribution < -0.4 is 0 Å². The first-order valence-electron chi connectivity index (χ1n) is 5.08. The molecular weight excluding hydrogens is 202 g/mol. The molecule has 0 fully saturated rings. The summed E-state index contributed by atoms with van der Waals surface area (Å²) in [5, 5.41) is 7.79. The number of carbonyl (C=O) groups excluding carboxylic acids is 1. The van der Waals surface area contributed by atoms with E-state index < -0.39 is 0 Å². The van der Waals surface area contributed by atoms with E-state index in [0.717, 1.165) is 28.8 Å². The van der Waals surface area contributed by atoms with Crippen LogP contribution in [0.3, 0.4) is 0 Å². The van der Waals surface area contributed by atoms with Crippen LogP contribution in [0.25, 0.3) is 5.69 Å². The van der Waals surface area contributed by atoms with Gasteiger partial charge in [-0.1, -0.05) is 11.3 Å². The van der Waals surface area contributed by atoms with Gasteiger partial charge >= 0.3 is 0 Å². The van der Waals surface area contributed by atoms with Gasteiger partial charge in [0.15, 0.2) is 6.29 Å². The van der Waals surface area contributed by atoms with Crippen molar-refractivity contribution in [3.63, 3.8) is 0 Å². The summed E-state index contributed by atoms with van der Waals surface area (Å²) < 4.78 is 1.68. The molecule has 0 radical (unpaired) electrons. The normalized spacial score (nSPS) is 10.4. The fourth-order valence-electron chi connectivity index (χ4n) is 1.77. The summed E-state index contributed by atoms with van der Waals surface area (Å²) in [5.74, 6) is 0. The van der Waals surface area contributed by atoms with Gasteiger partial charge in [-0.2, -0.15) is 0 Å². The number of carbonyl (C=O) groups is 1. The average molecular weight is 215 g/mol. The minimum atomic E-state index is 0.388. The van der Waals surface area contributed by atoms with Gasteiger partial charge in [-0.15, -0.1) is 5.10 Å². The van der Waals surface area contributed by atoms with Gasteiger partial charge in [-0.3, -0.25) is 4.79 Å². The smallest absolute Gasteiger partial charge is 0.172 e. The molecule has 0 unspecified atom stereocenters. The van der Waals surface area contributed by atoms with Crippen molar-refractivity contribution < 1.29 is 4.79 Å². The predicted octanol–water partition coefficient (Wildman–Crippen LogP) is 2.01. The Balaban J connectivity index is 2.58. The van der Waals surface area contributed by atoms with Crippen LogP contribution in [0, 0.1) is 20.8 Å². The van der Waals surface area contributed by atoms with Crippen LogP contribution >= 0.6 is 0 Å². The minimum absolute atomic E-state index is 0.388. The van der Waals surface area contributed by atoms with Gasteiger partial charge in [0.2, 0.25) is 0 Å². The monoisotopic (exact) mass is 215 g/mol. The Morgan fingerprint density at radius 1 is 1.12 bits per heavy atom. The lowest BCUT2D eigenvalue weighted by Crippen LogP contribution is -2.00. The van der Waals surface area contributed by atoms with Crippen LogP contribution in [0.2, 0.25) is 0 Å². The molecule has 0 aliphatic heterocycles. The van der Waals surface area contributed by atoms with Crippen molar-refractivity contribution in [2.24, 2.45) is 0 Å². The molecule has 2 aromatic rings. The number of aldehydes is 1. The number of aromatic nitrogens is 3. The molecule has 0 spiro atoms. The van der Waals surface area contributed by atoms with Crippen LogP contribution in [0.4, 0.5) is 0 Å². The summed E-state index contributed by atoms with van der Waals surface area (Å²) in [6.45, 7) is 5.90. The van der Waals surface area contributed by atoms with E-state index in [-0.39, 0.29) is 0 Å². The molecule has 0 saturated heterocycles. The number of benzene rings is 1. The quantitative estimate of drug-likeness (QED) is 0.720. The van der Waals surface area contributed by atoms with Crippen LogP contribution in [-0.4, -0.2) is 21.3 Å². The van der Waals surface area contributed by atoms with Gasteiger partial charge < -0.3 is 0 Å². The van der Waals surface area contributed by atoms with E-state index in [4.69, 9.17) is 0 Å². The maximum absolute atomic E-state index is 10.7. The summed E-state index contributed by atoms with van der Waals surface area (Å²) in [5.41, 5.74) is 4.42. The standard InChI is InChI=1S/C12H13N3O/c1-8-4-9(2)6-11(5-8)15-10(3)12(7-16)13-14-15/h4-7H,1-3H3. The van der Waals surface area contributed by atoms with Crippen molar-refractivity contribution in [3.8, 4) is 5.69 Å². The fourth-order valence-corrected chi connectivity index (χ4v) is 1.77. The molecular formula is C12H13N3O. The van der Waals surface area contributed by atoms with E-state index in [1.54, 1.807) is 4.68 Å². The van der Waals surface area contributed by atoms with E-state index in [1.165, 1.54) is 0 Å². The summed E-state index contributed by atoms with van der Waals surface area (Å²) in [4.78, 5) is 10.7. The molecule has 2 rings (SSSR count). The second-order valence-corrected chi connectivity index (χ2v) is 3.94. The van der Waals surface area contributed by atoms with Gasteiger partial charge in [-0.25, -0.2) is 4.68 Å². The number of aryl methyl sites for hydroxylation is 2. The third-order valence-corrected chi connectivity index (χ3v) is 2.49. The van der Waals surface area contributed by atoms with Crippen molar-refractivity contribution in [2.75, 3.05) is 0 Å². The van der Waals surface area contributed by atoms with Gasteiger partial charge in [-0.05, 0) is 44.0 Å². The molecule has 0 amide bonds. The van der Waals surface area contributed by atoms with Crippen LogP contribution in [0.5, 0.6) is 0 Å². The largest absolute Gasteiger partial charge is 0.296 e. The van der Waals surface area contributed by atoms with Gasteiger partial charge in [0.1, 0.15) is 5.69 Å². The van der Waals surface area contributed by atoms with Gasteiger partial charge in [0.25, 0.3) is 0 Å². The molecule has 0 saturated carbocycles. The minimum Gasteiger partial charge on any atom is -0.296 e. The highest BCUT2D eigenvalue weighted by molar-refractivity contribution is 5.73. The topological polar surface area (TPSA) is 47.8 Å². The lowest BCUT2D eigenvalue weighted by molar-refractivity contribution is 0.111. The number of rotatable bonds is 2. The third kappa shape index (κ3) is 1.74. The zero-order chi connectivity index (χ0) is 11.7. The number of hydrogen-bond acceptors (Lipinski definition) is 3. The molecule has 0 atom stereocenters. The lowest BCUT2D eigenvalue weighted by Gasteiger charge is -2.05. The van der Waals surface area contributed by atoms with Crippen molar-refractivity contribution in [1.29, 1.82) is 0 Å². The first-order chi connectivity index (χ1) is 7.61. The van der Waals surface area contributed by atoms with Crippen LogP contribution in [0.1, 0.15) is 27.3 Å². The summed E-state index contributed by atoms with van der Waals surface area (Å²) in [6.07, 6.45) is 0.724. The highest BCUT2D eigenvalue weighted by Crippen LogP contribution is 2.15. The Morgan fingerprint density at radius 2 is 1.75 bits per heavy atom. The Hall–Kier alpha value is -1.97. The molecule has 0 aliphatic rings. The molecule has 0 bridgehead atoms. The molecule has 82 valence electrons. The van der Waals surface area contributed by atoms with E-state index in [2.05, 4.69) is 16.4 Å². The molecule has 0 N–H and O–H groups in total. The zero-order valence-corrected chi connectivity index (χ0v) is 9.56. The second kappa shape index (κ2) is 3.89. The second-order valence-electron chi connectivity index (χ2n) is 3.94. The van der Waals surface area contributed by atoms with Crippen molar-refractivity contribution in [3.05, 3.63) is 40.7 Å². The Bertz CT molecular complexity index is 523. The van der Waals surface area contributed by atoms with E-state index in [9.17, 15) is 4.79 Å². The van der Waals surface area contributed by atoms with Crippen molar-refractivity contribution >= 4 is 6.29 Å². The van der Waals surface area contributed by atoms with Crippen LogP contribution in [0.15, 0.2) is 18.2 Å². The maximum atomic E-state index is 10.7. The molecule has 1 aromatic carbocycles. The van der Waals surface area contributed by atoms with E-state index >= 15 is 0 Å². The third-order valence-electron chi connectivity index (χ3n) is 2.49. The summed E-state index contributed by atoms with van der Waals surface area (Å²) in [7, 11) is 0. The highest BCUT2D eigenvalue weighted by Gasteiger charge is 2.09. The molecule has 1 aromatic heterocycles. The predicted molar refractivity (Wildman–Crippen MR) is 61.0 cm³/mol. The highest BCUT2D eigenvalue weighted by atomic mass is 16.1. The molecule has 4 nitrogen and oxygen atoms in total. The number of nitrogens with zero attached hydrogens (tertiary/aromatic N) is 3. The van der Waals surface area contributed by atoms with Crippen molar-refractivity contribution in [2.45, 2.75) is 20.8 Å². The van der Waals surface area contributed by atoms with E-state index in [1.807, 2.05) is 32.9 Å². The average Bonchev–Trinajstić information content (AvgIpc) is 2.58. The maximum Gasteiger partial charge on any atom is 0.172 e. The Kier molecular flexibility index (Phi) is 2.56. The SMILES string of the molecule is Cc1cc(C)cc(-n2nnc(C=O)c2C)c1. The van der Waals surface area contributed by atoms with E-state index in [0.29, 0.717) is 5.69 Å². The Morgan fingerprint density at radius 3 is 2.25 bits per heavy atom. The molecule has 16 heavy (non-hydrogen) atoms. The summed E-state index contributed by atoms with van der Waals surface area (Å²) in [6, 6.07) is 6.13. The molecule has 1 heterocycles. The zero-order valence-electron chi connectivity index (χ0n) is 9.56. The van der Waals surface area contributed by atoms with Gasteiger partial charge in [0, 0.05) is 0 Å². The number of hydrogen-bond donors (Lipinski definition) is 0. The molecule has 4 heteroatoms. The fraction of sp³-hybridized carbons (Fsp3) is 0.250. The first-order valence-corrected chi connectivity index (χ1v) is 5.08. The Labute approximate surface area is 93.9 Å². The first kappa shape index (κ1) is 10.5. The summed E-state index contributed by atoms with van der Waals surface area (Å²) >= 11 is 0. The lowest BCUT2D eigenvalue weighted by atomic mass is 10.1.